The molecule has 1 amide bonds. The number of rotatable bonds is 6. The molecule has 2 aromatic heterocycles. The zero-order chi connectivity index (χ0) is 22.4. The van der Waals surface area contributed by atoms with E-state index in [0.29, 0.717) is 5.75 Å². The fraction of sp³-hybridized carbons (Fsp3) is 0.143. The minimum Gasteiger partial charge on any atom is -0.449 e. The molecule has 0 saturated heterocycles. The Hall–Kier alpha value is -3.95. The molecule has 7 nitrogen and oxygen atoms in total. The van der Waals surface area contributed by atoms with Gasteiger partial charge in [0.15, 0.2) is 6.10 Å². The molecular weight excluding hydrogens is 415 g/mol. The number of carbonyl (C=O) groups excluding carboxylic acids is 2. The molecule has 1 N–H and O–H groups in total. The number of pyridine rings is 2. The molecule has 0 saturated carbocycles. The van der Waals surface area contributed by atoms with Crippen molar-refractivity contribution >= 4 is 17.6 Å². The number of hydrogen-bond donors (Lipinski definition) is 1. The highest BCUT2D eigenvalue weighted by Crippen LogP contribution is 2.34. The molecule has 160 valence electrons. The van der Waals surface area contributed by atoms with E-state index in [2.05, 4.69) is 15.3 Å². The number of esters is 1. The molecule has 2 heterocycles. The van der Waals surface area contributed by atoms with E-state index in [1.165, 1.54) is 49.8 Å². The number of alkyl halides is 3. The molecule has 1 unspecified atom stereocenters. The summed E-state index contributed by atoms with van der Waals surface area (Å²) in [6, 6.07) is 10.6. The Kier molecular flexibility index (Phi) is 6.49. The van der Waals surface area contributed by atoms with Crippen molar-refractivity contribution in [2.75, 3.05) is 5.32 Å². The van der Waals surface area contributed by atoms with Gasteiger partial charge in [-0.25, -0.2) is 9.78 Å². The van der Waals surface area contributed by atoms with Gasteiger partial charge in [0, 0.05) is 12.4 Å². The van der Waals surface area contributed by atoms with Gasteiger partial charge < -0.3 is 14.8 Å². The SMILES string of the molecule is CC(OC(=O)c1cccnc1Oc1cccnc1)C(=O)Nc1ccccc1C(F)(F)F. The number of halogens is 3. The van der Waals surface area contributed by atoms with Gasteiger partial charge in [-0.2, -0.15) is 13.2 Å². The van der Waals surface area contributed by atoms with Gasteiger partial charge in [0.25, 0.3) is 5.91 Å². The van der Waals surface area contributed by atoms with Gasteiger partial charge in [-0.05, 0) is 43.3 Å². The van der Waals surface area contributed by atoms with Crippen molar-refractivity contribution < 1.29 is 32.2 Å². The van der Waals surface area contributed by atoms with E-state index in [0.717, 1.165) is 12.1 Å². The zero-order valence-electron chi connectivity index (χ0n) is 16.1. The van der Waals surface area contributed by atoms with Gasteiger partial charge in [-0.3, -0.25) is 9.78 Å². The third-order valence-corrected chi connectivity index (χ3v) is 3.98. The first kappa shape index (κ1) is 21.8. The monoisotopic (exact) mass is 431 g/mol. The summed E-state index contributed by atoms with van der Waals surface area (Å²) in [7, 11) is 0. The Bertz CT molecular complexity index is 1070. The molecule has 3 aromatic rings. The van der Waals surface area contributed by atoms with Crippen LogP contribution in [0.15, 0.2) is 67.1 Å². The van der Waals surface area contributed by atoms with Crippen LogP contribution in [-0.4, -0.2) is 27.9 Å². The lowest BCUT2D eigenvalue weighted by Gasteiger charge is -2.17. The number of benzene rings is 1. The van der Waals surface area contributed by atoms with E-state index in [1.54, 1.807) is 12.1 Å². The Balaban J connectivity index is 1.71. The number of anilines is 1. The van der Waals surface area contributed by atoms with Crippen molar-refractivity contribution in [3.05, 3.63) is 78.2 Å². The highest BCUT2D eigenvalue weighted by molar-refractivity contribution is 5.98. The van der Waals surface area contributed by atoms with E-state index < -0.39 is 35.4 Å². The highest BCUT2D eigenvalue weighted by Gasteiger charge is 2.34. The average Bonchev–Trinajstić information content (AvgIpc) is 2.74. The molecule has 0 radical (unpaired) electrons. The second-order valence-electron chi connectivity index (χ2n) is 6.23. The first-order valence-electron chi connectivity index (χ1n) is 8.96. The normalized spacial score (nSPS) is 12.0. The average molecular weight is 431 g/mol. The number of nitrogens with one attached hydrogen (secondary N) is 1. The number of hydrogen-bond acceptors (Lipinski definition) is 6. The number of para-hydroxylation sites is 1. The van der Waals surface area contributed by atoms with Crippen LogP contribution in [0.25, 0.3) is 0 Å². The largest absolute Gasteiger partial charge is 0.449 e. The fourth-order valence-electron chi connectivity index (χ4n) is 2.50. The molecule has 0 fully saturated rings. The van der Waals surface area contributed by atoms with Gasteiger partial charge >= 0.3 is 12.1 Å². The van der Waals surface area contributed by atoms with Crippen LogP contribution in [0.4, 0.5) is 18.9 Å². The molecule has 0 aliphatic carbocycles. The molecule has 0 aliphatic heterocycles. The third kappa shape index (κ3) is 5.56. The van der Waals surface area contributed by atoms with Crippen molar-refractivity contribution in [3.8, 4) is 11.6 Å². The van der Waals surface area contributed by atoms with Crippen LogP contribution < -0.4 is 10.1 Å². The maximum Gasteiger partial charge on any atom is 0.418 e. The summed E-state index contributed by atoms with van der Waals surface area (Å²) < 4.78 is 49.9. The quantitative estimate of drug-likeness (QED) is 0.579. The van der Waals surface area contributed by atoms with Gasteiger partial charge in [-0.1, -0.05) is 12.1 Å². The predicted octanol–water partition coefficient (Wildman–Crippen LogP) is 4.47. The van der Waals surface area contributed by atoms with E-state index in [1.807, 2.05) is 0 Å². The summed E-state index contributed by atoms with van der Waals surface area (Å²) in [4.78, 5) is 32.7. The van der Waals surface area contributed by atoms with Crippen molar-refractivity contribution in [1.82, 2.24) is 9.97 Å². The molecule has 0 bridgehead atoms. The van der Waals surface area contributed by atoms with Crippen LogP contribution in [0.1, 0.15) is 22.8 Å². The van der Waals surface area contributed by atoms with Crippen molar-refractivity contribution in [2.45, 2.75) is 19.2 Å². The molecule has 10 heteroatoms. The lowest BCUT2D eigenvalue weighted by molar-refractivity contribution is -0.137. The molecule has 1 atom stereocenters. The Morgan fingerprint density at radius 1 is 1.03 bits per heavy atom. The maximum atomic E-state index is 13.1. The second kappa shape index (κ2) is 9.24. The van der Waals surface area contributed by atoms with Crippen molar-refractivity contribution in [3.63, 3.8) is 0 Å². The number of ether oxygens (including phenoxy) is 2. The van der Waals surface area contributed by atoms with Gasteiger partial charge in [-0.15, -0.1) is 0 Å². The topological polar surface area (TPSA) is 90.4 Å². The van der Waals surface area contributed by atoms with Crippen molar-refractivity contribution in [2.24, 2.45) is 0 Å². The van der Waals surface area contributed by atoms with E-state index in [-0.39, 0.29) is 11.4 Å². The lowest BCUT2D eigenvalue weighted by Crippen LogP contribution is -2.31. The summed E-state index contributed by atoms with van der Waals surface area (Å²) >= 11 is 0. The Morgan fingerprint density at radius 3 is 2.48 bits per heavy atom. The van der Waals surface area contributed by atoms with Crippen LogP contribution in [0, 0.1) is 0 Å². The molecule has 0 aliphatic rings. The van der Waals surface area contributed by atoms with Crippen LogP contribution >= 0.6 is 0 Å². The van der Waals surface area contributed by atoms with Crippen LogP contribution in [-0.2, 0) is 15.7 Å². The van der Waals surface area contributed by atoms with Crippen LogP contribution in [0.5, 0.6) is 11.6 Å². The summed E-state index contributed by atoms with van der Waals surface area (Å²) in [5.41, 5.74) is -1.52. The number of nitrogens with zero attached hydrogens (tertiary/aromatic N) is 2. The first-order chi connectivity index (χ1) is 14.8. The van der Waals surface area contributed by atoms with Crippen molar-refractivity contribution in [1.29, 1.82) is 0 Å². The summed E-state index contributed by atoms with van der Waals surface area (Å²) in [6.45, 7) is 1.24. The Labute approximate surface area is 174 Å². The molecule has 31 heavy (non-hydrogen) atoms. The summed E-state index contributed by atoms with van der Waals surface area (Å²) in [5.74, 6) is -1.61. The predicted molar refractivity (Wildman–Crippen MR) is 103 cm³/mol. The fourth-order valence-corrected chi connectivity index (χ4v) is 2.50. The van der Waals surface area contributed by atoms with Crippen LogP contribution in [0.2, 0.25) is 0 Å². The standard InChI is InChI=1S/C21H16F3N3O4/c1-13(18(28)27-17-9-3-2-8-16(17)21(22,23)24)30-20(29)15-7-5-11-26-19(15)31-14-6-4-10-25-12-14/h2-13H,1H3,(H,27,28). The molecule has 0 spiro atoms. The summed E-state index contributed by atoms with van der Waals surface area (Å²) in [5, 5.41) is 2.14. The van der Waals surface area contributed by atoms with E-state index >= 15 is 0 Å². The highest BCUT2D eigenvalue weighted by atomic mass is 19.4. The summed E-state index contributed by atoms with van der Waals surface area (Å²) in [6.07, 6.45) is -1.69. The zero-order valence-corrected chi connectivity index (χ0v) is 16.1. The third-order valence-electron chi connectivity index (χ3n) is 3.98. The van der Waals surface area contributed by atoms with Crippen LogP contribution in [0.3, 0.4) is 0 Å². The smallest absolute Gasteiger partial charge is 0.418 e. The van der Waals surface area contributed by atoms with Gasteiger partial charge in [0.05, 0.1) is 17.4 Å². The number of aromatic nitrogens is 2. The lowest BCUT2D eigenvalue weighted by atomic mass is 10.1. The second-order valence-corrected chi connectivity index (χ2v) is 6.23. The maximum absolute atomic E-state index is 13.1. The minimum atomic E-state index is -4.65. The Morgan fingerprint density at radius 2 is 1.77 bits per heavy atom. The number of carbonyl (C=O) groups is 2. The van der Waals surface area contributed by atoms with Gasteiger partial charge in [0.2, 0.25) is 5.88 Å². The van der Waals surface area contributed by atoms with E-state index in [4.69, 9.17) is 9.47 Å². The molecule has 1 aromatic carbocycles. The van der Waals surface area contributed by atoms with Gasteiger partial charge in [0.1, 0.15) is 11.3 Å². The number of amides is 1. The first-order valence-corrected chi connectivity index (χ1v) is 8.96. The van der Waals surface area contributed by atoms with E-state index in [9.17, 15) is 22.8 Å². The minimum absolute atomic E-state index is 0.0679. The molecule has 3 rings (SSSR count). The molecular formula is C21H16F3N3O4.